The Morgan fingerprint density at radius 3 is 1.08 bits per heavy atom. The van der Waals surface area contributed by atoms with E-state index in [1.807, 2.05) is 0 Å². The molecule has 0 aliphatic carbocycles. The SMILES string of the molecule is C[N+](C)(C)CCO.O=C([O-])c1ccccc1O.O=C([O-])c1ccccc1O.[Bi+3].[CH2]C(=O)[O-].[CH2]C(=O)[O-]. The summed E-state index contributed by atoms with van der Waals surface area (Å²) in [4.78, 5) is 37.9. The molecule has 0 aromatic heterocycles. The van der Waals surface area contributed by atoms with Gasteiger partial charge in [0.2, 0.25) is 0 Å². The molecule has 196 valence electrons. The van der Waals surface area contributed by atoms with Crippen molar-refractivity contribution in [3.8, 4) is 11.5 Å². The molecule has 0 saturated carbocycles. The van der Waals surface area contributed by atoms with Crippen LogP contribution >= 0.6 is 0 Å². The molecular weight excluding hydrogens is 675 g/mol. The molecule has 4 radical (unpaired) electrons. The molecule has 0 fully saturated rings. The minimum Gasteiger partial charge on any atom is -0.550 e. The van der Waals surface area contributed by atoms with E-state index in [9.17, 15) is 19.8 Å². The van der Waals surface area contributed by atoms with Crippen molar-refractivity contribution in [2.75, 3.05) is 34.3 Å². The van der Waals surface area contributed by atoms with Gasteiger partial charge in [0.1, 0.15) is 18.0 Å². The van der Waals surface area contributed by atoms with E-state index in [-0.39, 0.29) is 55.4 Å². The van der Waals surface area contributed by atoms with Crippen molar-refractivity contribution in [3.05, 3.63) is 73.5 Å². The number of likely N-dealkylation sites (N-methyl/N-ethyl adjacent to an activating group) is 1. The molecular formula is C23H28BiNO11. The number of hydrogen-bond donors (Lipinski definition) is 3. The summed E-state index contributed by atoms with van der Waals surface area (Å²) in [6.07, 6.45) is 0. The van der Waals surface area contributed by atoms with Gasteiger partial charge >= 0.3 is 26.2 Å². The molecule has 3 N–H and O–H groups in total. The van der Waals surface area contributed by atoms with Gasteiger partial charge in [-0.2, -0.15) is 0 Å². The quantitative estimate of drug-likeness (QED) is 0.206. The first-order chi connectivity index (χ1) is 16.0. The van der Waals surface area contributed by atoms with E-state index in [2.05, 4.69) is 35.0 Å². The van der Waals surface area contributed by atoms with Gasteiger partial charge in [-0.05, 0) is 38.1 Å². The average Bonchev–Trinajstić information content (AvgIpc) is 2.67. The van der Waals surface area contributed by atoms with Crippen molar-refractivity contribution in [3.63, 3.8) is 0 Å². The largest absolute Gasteiger partial charge is 3.00 e. The second kappa shape index (κ2) is 22.2. The number of para-hydroxylation sites is 2. The molecule has 0 aliphatic heterocycles. The maximum absolute atomic E-state index is 10.2. The Hall–Kier alpha value is -3.28. The van der Waals surface area contributed by atoms with E-state index in [4.69, 9.17) is 35.1 Å². The zero-order valence-corrected chi connectivity index (χ0v) is 23.4. The standard InChI is InChI=1S/2C7H6O3.C5H14NO.2C2H3O2.Bi/c2*8-6-4-2-1-3-5(6)7(9)10;1-6(2,3)4-5-7;2*1-2(3)4;/h2*1-4,8H,(H,9,10);7H,4-5H2,1-3H3;2*1H2,(H,3,4);/q;;+1;;;+3/p-4. The molecule has 0 saturated heterocycles. The summed E-state index contributed by atoms with van der Waals surface area (Å²) in [7, 11) is 6.16. The number of carboxylic acids is 4. The molecule has 2 aromatic carbocycles. The van der Waals surface area contributed by atoms with Crippen LogP contribution in [0.25, 0.3) is 0 Å². The Morgan fingerprint density at radius 1 is 0.722 bits per heavy atom. The van der Waals surface area contributed by atoms with Crippen LogP contribution in [0, 0.1) is 13.8 Å². The summed E-state index contributed by atoms with van der Waals surface area (Å²) in [5, 5.41) is 64.0. The van der Waals surface area contributed by atoms with Crippen molar-refractivity contribution in [2.24, 2.45) is 0 Å². The van der Waals surface area contributed by atoms with Crippen molar-refractivity contribution >= 4 is 50.1 Å². The molecule has 0 heterocycles. The number of rotatable bonds is 4. The molecule has 0 amide bonds. The second-order valence-corrected chi connectivity index (χ2v) is 7.09. The van der Waals surface area contributed by atoms with E-state index in [1.165, 1.54) is 36.4 Å². The van der Waals surface area contributed by atoms with Crippen LogP contribution in [-0.4, -0.2) is 104 Å². The number of carboxylic acid groups (broad SMARTS) is 4. The number of benzene rings is 2. The summed E-state index contributed by atoms with van der Waals surface area (Å²) < 4.78 is 0.844. The minimum atomic E-state index is -1.36. The zero-order chi connectivity index (χ0) is 28.2. The Balaban J connectivity index is -0.000000186. The van der Waals surface area contributed by atoms with Gasteiger partial charge in [-0.15, -0.1) is 0 Å². The Kier molecular flexibility index (Phi) is 24.6. The number of nitrogens with zero attached hydrogens (tertiary/aromatic N) is 1. The predicted molar refractivity (Wildman–Crippen MR) is 121 cm³/mol. The summed E-state index contributed by atoms with van der Waals surface area (Å²) in [5.74, 6) is -5.92. The van der Waals surface area contributed by atoms with Crippen LogP contribution in [0.1, 0.15) is 20.7 Å². The Labute approximate surface area is 228 Å². The van der Waals surface area contributed by atoms with Gasteiger partial charge in [0.25, 0.3) is 0 Å². The van der Waals surface area contributed by atoms with Gasteiger partial charge in [0, 0.05) is 23.1 Å². The minimum absolute atomic E-state index is 0. The van der Waals surface area contributed by atoms with Crippen LogP contribution in [0.2, 0.25) is 0 Å². The first-order valence-electron chi connectivity index (χ1n) is 9.42. The maximum Gasteiger partial charge on any atom is 3.00 e. The van der Waals surface area contributed by atoms with Gasteiger partial charge in [-0.1, -0.05) is 24.3 Å². The summed E-state index contributed by atoms with van der Waals surface area (Å²) in [5.41, 5.74) is -0.356. The summed E-state index contributed by atoms with van der Waals surface area (Å²) >= 11 is 0. The number of aliphatic carboxylic acids is 2. The number of aromatic hydroxyl groups is 2. The van der Waals surface area contributed by atoms with Crippen LogP contribution in [0.3, 0.4) is 0 Å². The normalized spacial score (nSPS) is 8.83. The first kappa shape index (κ1) is 39.9. The van der Waals surface area contributed by atoms with E-state index in [1.54, 1.807) is 12.1 Å². The number of carbonyl (C=O) groups excluding carboxylic acids is 4. The molecule has 0 unspecified atom stereocenters. The number of phenols is 2. The van der Waals surface area contributed by atoms with Crippen molar-refractivity contribution in [1.29, 1.82) is 0 Å². The molecule has 12 nitrogen and oxygen atoms in total. The molecule has 0 atom stereocenters. The second-order valence-electron chi connectivity index (χ2n) is 7.09. The van der Waals surface area contributed by atoms with Crippen LogP contribution in [0.5, 0.6) is 11.5 Å². The first-order valence-corrected chi connectivity index (χ1v) is 9.42. The molecule has 2 aromatic rings. The molecule has 13 heteroatoms. The number of aliphatic hydroxyl groups excluding tert-OH is 1. The van der Waals surface area contributed by atoms with E-state index >= 15 is 0 Å². The fourth-order valence-electron chi connectivity index (χ4n) is 1.59. The van der Waals surface area contributed by atoms with Gasteiger partial charge in [-0.25, -0.2) is 0 Å². The monoisotopic (exact) mass is 703 g/mol. The topological polar surface area (TPSA) is 221 Å². The molecule has 36 heavy (non-hydrogen) atoms. The van der Waals surface area contributed by atoms with Gasteiger partial charge in [0.05, 0.1) is 39.7 Å². The zero-order valence-electron chi connectivity index (χ0n) is 19.9. The third kappa shape index (κ3) is 28.8. The summed E-state index contributed by atoms with van der Waals surface area (Å²) in [6.45, 7) is 6.00. The third-order valence-electron chi connectivity index (χ3n) is 3.02. The van der Waals surface area contributed by atoms with Gasteiger partial charge < -0.3 is 59.4 Å². The molecule has 2 rings (SSSR count). The van der Waals surface area contributed by atoms with Crippen molar-refractivity contribution in [1.82, 2.24) is 0 Å². The maximum atomic E-state index is 10.2. The summed E-state index contributed by atoms with van der Waals surface area (Å²) in [6, 6.07) is 11.3. The predicted octanol–water partition coefficient (Wildman–Crippen LogP) is -4.04. The van der Waals surface area contributed by atoms with E-state index in [0.717, 1.165) is 11.0 Å². The average molecular weight is 703 g/mol. The van der Waals surface area contributed by atoms with Gasteiger partial charge in [0.15, 0.2) is 0 Å². The Bertz CT molecular complexity index is 853. The Morgan fingerprint density at radius 2 is 0.972 bits per heavy atom. The number of aliphatic hydroxyl groups is 1. The smallest absolute Gasteiger partial charge is 0.550 e. The fourth-order valence-corrected chi connectivity index (χ4v) is 1.59. The van der Waals surface area contributed by atoms with Crippen LogP contribution in [0.4, 0.5) is 0 Å². The van der Waals surface area contributed by atoms with Crippen LogP contribution < -0.4 is 20.4 Å². The van der Waals surface area contributed by atoms with Crippen LogP contribution in [0.15, 0.2) is 48.5 Å². The number of carbonyl (C=O) groups is 4. The number of quaternary nitrogens is 1. The number of hydrogen-bond acceptors (Lipinski definition) is 11. The van der Waals surface area contributed by atoms with Crippen LogP contribution in [-0.2, 0) is 9.59 Å². The van der Waals surface area contributed by atoms with Crippen molar-refractivity contribution in [2.45, 2.75) is 0 Å². The number of aromatic carboxylic acids is 2. The van der Waals surface area contributed by atoms with Gasteiger partial charge in [-0.3, -0.25) is 0 Å². The molecule has 0 spiro atoms. The molecule has 0 bridgehead atoms. The van der Waals surface area contributed by atoms with Crippen molar-refractivity contribution < 1.29 is 59.4 Å². The third-order valence-corrected chi connectivity index (χ3v) is 3.02. The van der Waals surface area contributed by atoms with E-state index < -0.39 is 23.9 Å². The van der Waals surface area contributed by atoms with E-state index in [0.29, 0.717) is 0 Å². The fraction of sp³-hybridized carbons (Fsp3) is 0.217. The molecule has 0 aliphatic rings.